The number of rotatable bonds is 5. The smallest absolute Gasteiger partial charge is 0.255 e. The maximum atomic E-state index is 13.1. The fraction of sp³-hybridized carbons (Fsp3) is 0.360. The van der Waals surface area contributed by atoms with Crippen molar-refractivity contribution in [2.75, 3.05) is 6.79 Å². The molecule has 0 unspecified atom stereocenters. The van der Waals surface area contributed by atoms with Gasteiger partial charge in [0.1, 0.15) is 0 Å². The fourth-order valence-corrected chi connectivity index (χ4v) is 4.54. The summed E-state index contributed by atoms with van der Waals surface area (Å²) in [7, 11) is 0. The zero-order chi connectivity index (χ0) is 22.1. The average molecular weight is 434 g/mol. The van der Waals surface area contributed by atoms with Gasteiger partial charge in [-0.05, 0) is 67.1 Å². The fourth-order valence-electron chi connectivity index (χ4n) is 4.54. The first kappa shape index (κ1) is 20.6. The molecule has 0 radical (unpaired) electrons. The molecule has 1 amide bonds. The predicted octanol–water partition coefficient (Wildman–Crippen LogP) is 3.53. The molecule has 1 saturated carbocycles. The number of carbonyl (C=O) groups excluding carboxylic acids is 1. The van der Waals surface area contributed by atoms with Gasteiger partial charge in [0.05, 0.1) is 23.4 Å². The van der Waals surface area contributed by atoms with E-state index < -0.39 is 6.10 Å². The van der Waals surface area contributed by atoms with Crippen LogP contribution in [0, 0.1) is 6.92 Å². The highest BCUT2D eigenvalue weighted by Gasteiger charge is 2.30. The summed E-state index contributed by atoms with van der Waals surface area (Å²) in [5, 5.41) is 17.5. The van der Waals surface area contributed by atoms with Gasteiger partial charge < -0.3 is 19.9 Å². The van der Waals surface area contributed by atoms with Crippen LogP contribution in [0.4, 0.5) is 0 Å². The predicted molar refractivity (Wildman–Crippen MR) is 119 cm³/mol. The van der Waals surface area contributed by atoms with Crippen LogP contribution in [0.2, 0.25) is 0 Å². The van der Waals surface area contributed by atoms with Crippen molar-refractivity contribution in [2.45, 2.75) is 51.2 Å². The van der Waals surface area contributed by atoms with Crippen molar-refractivity contribution < 1.29 is 19.4 Å². The molecule has 2 N–H and O–H groups in total. The third-order valence-corrected chi connectivity index (χ3v) is 6.39. The topological polar surface area (TPSA) is 85.6 Å². The van der Waals surface area contributed by atoms with E-state index >= 15 is 0 Å². The molecule has 2 aromatic carbocycles. The van der Waals surface area contributed by atoms with Crippen LogP contribution in [-0.2, 0) is 6.42 Å². The van der Waals surface area contributed by atoms with Crippen LogP contribution in [0.3, 0.4) is 0 Å². The van der Waals surface area contributed by atoms with Crippen molar-refractivity contribution in [3.63, 3.8) is 0 Å². The molecule has 5 rings (SSSR count). The molecule has 1 aliphatic carbocycles. The molecule has 166 valence electrons. The number of aliphatic hydroxyl groups excluding tert-OH is 1. The van der Waals surface area contributed by atoms with Crippen molar-refractivity contribution in [2.24, 2.45) is 0 Å². The minimum Gasteiger partial charge on any atom is -0.453 e. The van der Waals surface area contributed by atoms with Crippen molar-refractivity contribution >= 4 is 5.91 Å². The van der Waals surface area contributed by atoms with E-state index in [-0.39, 0.29) is 18.7 Å². The summed E-state index contributed by atoms with van der Waals surface area (Å²) in [4.78, 5) is 13.1. The van der Waals surface area contributed by atoms with Gasteiger partial charge in [-0.25, -0.2) is 4.68 Å². The van der Waals surface area contributed by atoms with Gasteiger partial charge in [-0.1, -0.05) is 25.0 Å². The summed E-state index contributed by atoms with van der Waals surface area (Å²) in [6.45, 7) is 2.10. The van der Waals surface area contributed by atoms with Gasteiger partial charge in [0.2, 0.25) is 6.79 Å². The highest BCUT2D eigenvalue weighted by Crippen LogP contribution is 2.41. The largest absolute Gasteiger partial charge is 0.453 e. The van der Waals surface area contributed by atoms with E-state index in [2.05, 4.69) is 22.5 Å². The zero-order valence-electron chi connectivity index (χ0n) is 18.1. The van der Waals surface area contributed by atoms with E-state index in [0.29, 0.717) is 23.5 Å². The van der Waals surface area contributed by atoms with Crippen molar-refractivity contribution in [1.82, 2.24) is 15.1 Å². The van der Waals surface area contributed by atoms with E-state index in [9.17, 15) is 9.90 Å². The number of hydrogen-bond donors (Lipinski definition) is 2. The maximum absolute atomic E-state index is 13.1. The maximum Gasteiger partial charge on any atom is 0.255 e. The Labute approximate surface area is 187 Å². The Morgan fingerprint density at radius 1 is 1.19 bits per heavy atom. The van der Waals surface area contributed by atoms with E-state index in [1.807, 2.05) is 42.1 Å². The Balaban J connectivity index is 1.41. The van der Waals surface area contributed by atoms with Gasteiger partial charge in [-0.3, -0.25) is 4.79 Å². The minimum absolute atomic E-state index is 0.102. The van der Waals surface area contributed by atoms with Crippen LogP contribution in [0.5, 0.6) is 11.5 Å². The van der Waals surface area contributed by atoms with Crippen LogP contribution in [0.15, 0.2) is 48.8 Å². The number of aromatic nitrogens is 2. The first-order valence-corrected chi connectivity index (χ1v) is 11.1. The summed E-state index contributed by atoms with van der Waals surface area (Å²) in [5.41, 5.74) is 4.56. The van der Waals surface area contributed by atoms with Gasteiger partial charge in [0, 0.05) is 12.4 Å². The number of nitrogens with one attached hydrogen (secondary N) is 1. The lowest BCUT2D eigenvalue weighted by atomic mass is 9.92. The Hall–Kier alpha value is -3.32. The average Bonchev–Trinajstić information content (AvgIpc) is 3.50. The molecule has 7 heteroatoms. The molecule has 2 heterocycles. The molecule has 1 fully saturated rings. The number of hydrogen-bond acceptors (Lipinski definition) is 5. The van der Waals surface area contributed by atoms with Gasteiger partial charge in [0.15, 0.2) is 11.5 Å². The molecular formula is C25H27N3O4. The van der Waals surface area contributed by atoms with Gasteiger partial charge in [-0.2, -0.15) is 5.10 Å². The van der Waals surface area contributed by atoms with E-state index in [1.54, 1.807) is 6.20 Å². The second-order valence-electron chi connectivity index (χ2n) is 8.50. The normalized spacial score (nSPS) is 19.7. The van der Waals surface area contributed by atoms with Crippen LogP contribution < -0.4 is 14.8 Å². The summed E-state index contributed by atoms with van der Waals surface area (Å²) < 4.78 is 13.2. The van der Waals surface area contributed by atoms with Crippen LogP contribution in [0.1, 0.15) is 52.7 Å². The Morgan fingerprint density at radius 3 is 2.72 bits per heavy atom. The third kappa shape index (κ3) is 3.96. The Kier molecular flexibility index (Phi) is 5.57. The minimum atomic E-state index is -0.504. The SMILES string of the molecule is Cc1c(Cc2ccc(-n3cccn3)cc2)cc(C(=O)N[C@H]2CCCC[C@@H]2O)c2c1OCO2. The summed E-state index contributed by atoms with van der Waals surface area (Å²) >= 11 is 0. The highest BCUT2D eigenvalue weighted by atomic mass is 16.7. The van der Waals surface area contributed by atoms with E-state index in [0.717, 1.165) is 48.1 Å². The number of aliphatic hydroxyl groups is 1. The first-order valence-electron chi connectivity index (χ1n) is 11.1. The van der Waals surface area contributed by atoms with Crippen molar-refractivity contribution in [3.05, 3.63) is 71.0 Å². The molecule has 7 nitrogen and oxygen atoms in total. The molecule has 1 aromatic heterocycles. The Bertz CT molecular complexity index is 1110. The van der Waals surface area contributed by atoms with E-state index in [4.69, 9.17) is 9.47 Å². The standard InChI is InChI=1S/C25H27N3O4/c1-16-18(13-17-7-9-19(10-8-17)28-12-4-11-26-28)14-20(24-23(16)31-15-32-24)25(30)27-21-5-2-3-6-22(21)29/h4,7-12,14,21-22,29H,2-3,5-6,13,15H2,1H3,(H,27,30)/t21-,22-/m0/s1. The molecule has 3 aromatic rings. The first-order chi connectivity index (χ1) is 15.6. The molecule has 32 heavy (non-hydrogen) atoms. The van der Waals surface area contributed by atoms with Crippen LogP contribution in [0.25, 0.3) is 5.69 Å². The quantitative estimate of drug-likeness (QED) is 0.643. The lowest BCUT2D eigenvalue weighted by Crippen LogP contribution is -2.45. The van der Waals surface area contributed by atoms with Gasteiger partial charge in [0.25, 0.3) is 5.91 Å². The highest BCUT2D eigenvalue weighted by molar-refractivity contribution is 5.98. The number of carbonyl (C=O) groups is 1. The Morgan fingerprint density at radius 2 is 1.97 bits per heavy atom. The number of benzene rings is 2. The molecule has 2 atom stereocenters. The molecule has 1 aliphatic heterocycles. The molecule has 2 aliphatic rings. The number of nitrogens with zero attached hydrogens (tertiary/aromatic N) is 2. The van der Waals surface area contributed by atoms with Gasteiger partial charge >= 0.3 is 0 Å². The van der Waals surface area contributed by atoms with Crippen LogP contribution >= 0.6 is 0 Å². The van der Waals surface area contributed by atoms with Crippen molar-refractivity contribution in [1.29, 1.82) is 0 Å². The summed E-state index contributed by atoms with van der Waals surface area (Å²) in [6.07, 6.45) is 7.32. The second kappa shape index (κ2) is 8.67. The van der Waals surface area contributed by atoms with E-state index in [1.165, 1.54) is 0 Å². The number of amides is 1. The summed E-state index contributed by atoms with van der Waals surface area (Å²) in [6, 6.07) is 11.8. The molecular weight excluding hydrogens is 406 g/mol. The molecule has 0 saturated heterocycles. The number of fused-ring (bicyclic) bond motifs is 1. The molecule has 0 spiro atoms. The monoisotopic (exact) mass is 433 g/mol. The lowest BCUT2D eigenvalue weighted by molar-refractivity contribution is 0.0714. The third-order valence-electron chi connectivity index (χ3n) is 6.39. The lowest BCUT2D eigenvalue weighted by Gasteiger charge is -2.28. The van der Waals surface area contributed by atoms with Gasteiger partial charge in [-0.15, -0.1) is 0 Å². The van der Waals surface area contributed by atoms with Crippen LogP contribution in [-0.4, -0.2) is 39.7 Å². The molecule has 0 bridgehead atoms. The zero-order valence-corrected chi connectivity index (χ0v) is 18.1. The summed E-state index contributed by atoms with van der Waals surface area (Å²) in [5.74, 6) is 0.890. The number of ether oxygens (including phenoxy) is 2. The van der Waals surface area contributed by atoms with Crippen molar-refractivity contribution in [3.8, 4) is 17.2 Å². The second-order valence-corrected chi connectivity index (χ2v) is 8.50.